The molecule has 0 N–H and O–H groups in total. The van der Waals surface area contributed by atoms with Crippen LogP contribution in [0.15, 0.2) is 60.7 Å². The Balaban J connectivity index is 1.73. The lowest BCUT2D eigenvalue weighted by Gasteiger charge is -2.19. The van der Waals surface area contributed by atoms with Crippen molar-refractivity contribution in [1.29, 1.82) is 0 Å². The number of benzene rings is 3. The second-order valence-corrected chi connectivity index (χ2v) is 7.71. The molecule has 0 saturated carbocycles. The Labute approximate surface area is 183 Å². The van der Waals surface area contributed by atoms with Crippen LogP contribution in [0.25, 0.3) is 0 Å². The van der Waals surface area contributed by atoms with Gasteiger partial charge >= 0.3 is 0 Å². The zero-order valence-electron chi connectivity index (χ0n) is 17.5. The van der Waals surface area contributed by atoms with E-state index in [-0.39, 0.29) is 22.4 Å². The zero-order chi connectivity index (χ0) is 23.0. The third-order valence-electron chi connectivity index (χ3n) is 5.51. The summed E-state index contributed by atoms with van der Waals surface area (Å²) in [5, 5.41) is 11.5. The predicted octanol–water partition coefficient (Wildman–Crippen LogP) is 4.23. The Hall–Kier alpha value is -4.07. The van der Waals surface area contributed by atoms with E-state index in [0.717, 1.165) is 5.56 Å². The maximum Gasteiger partial charge on any atom is 0.293 e. The molecule has 0 bridgehead atoms. The summed E-state index contributed by atoms with van der Waals surface area (Å²) in [5.74, 6) is -1.36. The van der Waals surface area contributed by atoms with Crippen molar-refractivity contribution in [2.24, 2.45) is 0 Å². The molecule has 1 amide bonds. The van der Waals surface area contributed by atoms with Gasteiger partial charge in [0.05, 0.1) is 16.2 Å². The normalized spacial score (nSPS) is 12.4. The number of halogens is 1. The molecule has 3 aromatic rings. The van der Waals surface area contributed by atoms with E-state index in [0.29, 0.717) is 24.3 Å². The monoisotopic (exact) mass is 433 g/mol. The second-order valence-electron chi connectivity index (χ2n) is 7.71. The van der Waals surface area contributed by atoms with Gasteiger partial charge in [0.2, 0.25) is 0 Å². The predicted molar refractivity (Wildman–Crippen MR) is 119 cm³/mol. The Bertz CT molecular complexity index is 1260. The van der Waals surface area contributed by atoms with E-state index < -0.39 is 22.4 Å². The number of ketones is 1. The maximum atomic E-state index is 13.8. The topological polar surface area (TPSA) is 83.8 Å². The molecule has 0 unspecified atom stereocenters. The Morgan fingerprint density at radius 1 is 1.03 bits per heavy atom. The van der Waals surface area contributed by atoms with Crippen LogP contribution in [0.5, 0.6) is 0 Å². The van der Waals surface area contributed by atoms with Crippen LogP contribution in [-0.4, -0.2) is 37.3 Å². The van der Waals surface area contributed by atoms with Gasteiger partial charge in [-0.05, 0) is 42.3 Å². The SMILES string of the molecule is CN(C)c1ccc(C(=O)c2ccccc2C(=O)N2CCc3ccc(F)cc32)cc1[N+](=O)[O-]. The average Bonchev–Trinajstić information content (AvgIpc) is 3.20. The van der Waals surface area contributed by atoms with E-state index in [1.807, 2.05) is 0 Å². The fourth-order valence-electron chi connectivity index (χ4n) is 3.92. The summed E-state index contributed by atoms with van der Waals surface area (Å²) in [6.45, 7) is 0.378. The Morgan fingerprint density at radius 3 is 2.44 bits per heavy atom. The summed E-state index contributed by atoms with van der Waals surface area (Å²) < 4.78 is 13.8. The number of carbonyl (C=O) groups excluding carboxylic acids is 2. The van der Waals surface area contributed by atoms with E-state index in [4.69, 9.17) is 0 Å². The summed E-state index contributed by atoms with van der Waals surface area (Å²) in [4.78, 5) is 40.6. The van der Waals surface area contributed by atoms with Gasteiger partial charge in [0.1, 0.15) is 11.5 Å². The molecule has 7 nitrogen and oxygen atoms in total. The molecule has 3 aromatic carbocycles. The minimum Gasteiger partial charge on any atom is -0.372 e. The fourth-order valence-corrected chi connectivity index (χ4v) is 3.92. The highest BCUT2D eigenvalue weighted by Crippen LogP contribution is 2.32. The van der Waals surface area contributed by atoms with Crippen molar-refractivity contribution >= 4 is 28.8 Å². The Kier molecular flexibility index (Phi) is 5.44. The standard InChI is InChI=1S/C24H20FN3O4/c1-26(2)20-10-8-16(13-22(20)28(31)32)23(29)18-5-3-4-6-19(18)24(30)27-12-11-15-7-9-17(25)14-21(15)27/h3-10,13-14H,11-12H2,1-2H3. The molecule has 32 heavy (non-hydrogen) atoms. The number of nitro groups is 1. The molecule has 162 valence electrons. The van der Waals surface area contributed by atoms with E-state index in [1.165, 1.54) is 47.4 Å². The van der Waals surface area contributed by atoms with Crippen LogP contribution < -0.4 is 9.80 Å². The number of fused-ring (bicyclic) bond motifs is 1. The number of nitrogens with zero attached hydrogens (tertiary/aromatic N) is 3. The van der Waals surface area contributed by atoms with Gasteiger partial charge in [0.25, 0.3) is 11.6 Å². The quantitative estimate of drug-likeness (QED) is 0.342. The van der Waals surface area contributed by atoms with Crippen molar-refractivity contribution in [2.75, 3.05) is 30.4 Å². The van der Waals surface area contributed by atoms with Gasteiger partial charge in [0, 0.05) is 37.8 Å². The molecule has 1 heterocycles. The number of amides is 1. The molecule has 0 radical (unpaired) electrons. The molecule has 0 saturated heterocycles. The highest BCUT2D eigenvalue weighted by Gasteiger charge is 2.29. The van der Waals surface area contributed by atoms with Crippen molar-refractivity contribution in [1.82, 2.24) is 0 Å². The van der Waals surface area contributed by atoms with Crippen LogP contribution in [0.4, 0.5) is 21.5 Å². The summed E-state index contributed by atoms with van der Waals surface area (Å²) in [6, 6.07) is 14.9. The van der Waals surface area contributed by atoms with Gasteiger partial charge in [-0.25, -0.2) is 4.39 Å². The van der Waals surface area contributed by atoms with E-state index >= 15 is 0 Å². The molecule has 0 atom stereocenters. The first-order valence-corrected chi connectivity index (χ1v) is 9.97. The highest BCUT2D eigenvalue weighted by molar-refractivity contribution is 6.18. The number of nitro benzene ring substituents is 1. The third-order valence-corrected chi connectivity index (χ3v) is 5.51. The third kappa shape index (κ3) is 3.71. The summed E-state index contributed by atoms with van der Waals surface area (Å²) in [7, 11) is 3.35. The molecule has 8 heteroatoms. The number of anilines is 2. The maximum absolute atomic E-state index is 13.8. The zero-order valence-corrected chi connectivity index (χ0v) is 17.5. The molecule has 4 rings (SSSR count). The fraction of sp³-hybridized carbons (Fsp3) is 0.167. The summed E-state index contributed by atoms with van der Waals surface area (Å²) in [6.07, 6.45) is 0.593. The van der Waals surface area contributed by atoms with Gasteiger partial charge in [0.15, 0.2) is 5.78 Å². The van der Waals surface area contributed by atoms with E-state index in [2.05, 4.69) is 0 Å². The van der Waals surface area contributed by atoms with E-state index in [9.17, 15) is 24.1 Å². The van der Waals surface area contributed by atoms with Crippen molar-refractivity contribution in [3.8, 4) is 0 Å². The van der Waals surface area contributed by atoms with Gasteiger partial charge in [-0.2, -0.15) is 0 Å². The molecule has 1 aliphatic rings. The van der Waals surface area contributed by atoms with Gasteiger partial charge in [-0.3, -0.25) is 19.7 Å². The minimum absolute atomic E-state index is 0.107. The molecule has 1 aliphatic heterocycles. The van der Waals surface area contributed by atoms with Gasteiger partial charge < -0.3 is 9.80 Å². The molecular weight excluding hydrogens is 413 g/mol. The second kappa shape index (κ2) is 8.22. The van der Waals surface area contributed by atoms with Crippen molar-refractivity contribution < 1.29 is 18.9 Å². The van der Waals surface area contributed by atoms with Crippen molar-refractivity contribution in [2.45, 2.75) is 6.42 Å². The van der Waals surface area contributed by atoms with Gasteiger partial charge in [-0.1, -0.05) is 24.3 Å². The average molecular weight is 433 g/mol. The summed E-state index contributed by atoms with van der Waals surface area (Å²) >= 11 is 0. The first kappa shape index (κ1) is 21.2. The van der Waals surface area contributed by atoms with Gasteiger partial charge in [-0.15, -0.1) is 0 Å². The number of carbonyl (C=O) groups is 2. The lowest BCUT2D eigenvalue weighted by Crippen LogP contribution is -2.30. The van der Waals surface area contributed by atoms with Crippen LogP contribution in [0.1, 0.15) is 31.8 Å². The lowest BCUT2D eigenvalue weighted by atomic mass is 9.96. The molecule has 0 spiro atoms. The summed E-state index contributed by atoms with van der Waals surface area (Å²) in [5.41, 5.74) is 1.92. The Morgan fingerprint density at radius 2 is 1.75 bits per heavy atom. The van der Waals surface area contributed by atoms with E-state index in [1.54, 1.807) is 37.2 Å². The molecule has 0 aliphatic carbocycles. The molecule has 0 fully saturated rings. The van der Waals surface area contributed by atoms with Crippen LogP contribution in [-0.2, 0) is 6.42 Å². The van der Waals surface area contributed by atoms with Crippen LogP contribution in [0.3, 0.4) is 0 Å². The smallest absolute Gasteiger partial charge is 0.293 e. The van der Waals surface area contributed by atoms with Crippen LogP contribution in [0.2, 0.25) is 0 Å². The largest absolute Gasteiger partial charge is 0.372 e. The van der Waals surface area contributed by atoms with Crippen LogP contribution in [0, 0.1) is 15.9 Å². The number of hydrogen-bond donors (Lipinski definition) is 0. The number of hydrogen-bond acceptors (Lipinski definition) is 5. The molecular formula is C24H20FN3O4. The van der Waals surface area contributed by atoms with Crippen LogP contribution >= 0.6 is 0 Å². The first-order valence-electron chi connectivity index (χ1n) is 9.97. The minimum atomic E-state index is -0.543. The van der Waals surface area contributed by atoms with Crippen molar-refractivity contribution in [3.05, 3.63) is 98.8 Å². The lowest BCUT2D eigenvalue weighted by molar-refractivity contribution is -0.384. The van der Waals surface area contributed by atoms with Crippen molar-refractivity contribution in [3.63, 3.8) is 0 Å². The first-order chi connectivity index (χ1) is 15.3. The highest BCUT2D eigenvalue weighted by atomic mass is 19.1. The molecule has 0 aromatic heterocycles. The number of rotatable bonds is 5.